The average Bonchev–Trinajstić information content (AvgIpc) is 2.25. The molecule has 0 spiro atoms. The summed E-state index contributed by atoms with van der Waals surface area (Å²) in [6.45, 7) is 2.17. The van der Waals surface area contributed by atoms with Gasteiger partial charge in [0.05, 0.1) is 6.42 Å². The maximum Gasteiger partial charge on any atom is 0.169 e. The highest BCUT2D eigenvalue weighted by molar-refractivity contribution is 5.49. The van der Waals surface area contributed by atoms with Gasteiger partial charge in [0.2, 0.25) is 0 Å². The van der Waals surface area contributed by atoms with Crippen LogP contribution in [0.4, 0.5) is 0 Å². The Morgan fingerprint density at radius 3 is 2.47 bits per heavy atom. The molecular formula is C12H18BrNO. The first-order valence-corrected chi connectivity index (χ1v) is 5.28. The SMILES string of the molecule is CCCCC(CC=O)[n+]1ccccc1.[Br-]. The summed E-state index contributed by atoms with van der Waals surface area (Å²) >= 11 is 0. The van der Waals surface area contributed by atoms with Gasteiger partial charge in [-0.25, -0.2) is 4.57 Å². The Morgan fingerprint density at radius 1 is 1.27 bits per heavy atom. The third-order valence-corrected chi connectivity index (χ3v) is 2.42. The number of nitrogens with zero attached hydrogens (tertiary/aromatic N) is 1. The highest BCUT2D eigenvalue weighted by Gasteiger charge is 2.15. The third-order valence-electron chi connectivity index (χ3n) is 2.42. The number of carbonyl (C=O) groups excluding carboxylic acids is 1. The summed E-state index contributed by atoms with van der Waals surface area (Å²) in [6.07, 6.45) is 9.15. The summed E-state index contributed by atoms with van der Waals surface area (Å²) in [5, 5.41) is 0. The van der Waals surface area contributed by atoms with Gasteiger partial charge in [-0.15, -0.1) is 0 Å². The van der Waals surface area contributed by atoms with E-state index in [2.05, 4.69) is 11.5 Å². The van der Waals surface area contributed by atoms with Crippen LogP contribution in [0, 0.1) is 0 Å². The molecule has 0 fully saturated rings. The molecule has 1 aromatic rings. The van der Waals surface area contributed by atoms with E-state index in [0.717, 1.165) is 12.7 Å². The largest absolute Gasteiger partial charge is 1.00 e. The van der Waals surface area contributed by atoms with Crippen LogP contribution in [0.1, 0.15) is 38.6 Å². The van der Waals surface area contributed by atoms with E-state index >= 15 is 0 Å². The fourth-order valence-electron chi connectivity index (χ4n) is 1.59. The van der Waals surface area contributed by atoms with Crippen LogP contribution >= 0.6 is 0 Å². The van der Waals surface area contributed by atoms with E-state index in [1.54, 1.807) is 0 Å². The number of halogens is 1. The van der Waals surface area contributed by atoms with Gasteiger partial charge in [0, 0.05) is 18.6 Å². The third kappa shape index (κ3) is 5.07. The first-order valence-electron chi connectivity index (χ1n) is 5.28. The number of aldehydes is 1. The van der Waals surface area contributed by atoms with Gasteiger partial charge in [0.25, 0.3) is 0 Å². The molecule has 3 heteroatoms. The predicted molar refractivity (Wildman–Crippen MR) is 55.9 cm³/mol. The number of hydrogen-bond acceptors (Lipinski definition) is 1. The second kappa shape index (κ2) is 8.60. The Kier molecular flexibility index (Phi) is 8.19. The number of aromatic nitrogens is 1. The molecule has 0 amide bonds. The van der Waals surface area contributed by atoms with E-state index in [1.165, 1.54) is 12.8 Å². The van der Waals surface area contributed by atoms with Gasteiger partial charge in [-0.3, -0.25) is 0 Å². The van der Waals surface area contributed by atoms with Gasteiger partial charge in [0.1, 0.15) is 6.29 Å². The lowest BCUT2D eigenvalue weighted by Crippen LogP contribution is -3.00. The van der Waals surface area contributed by atoms with Gasteiger partial charge >= 0.3 is 0 Å². The predicted octanol–water partition coefficient (Wildman–Crippen LogP) is -0.702. The van der Waals surface area contributed by atoms with Gasteiger partial charge < -0.3 is 21.8 Å². The molecule has 1 heterocycles. The molecule has 0 aliphatic heterocycles. The highest BCUT2D eigenvalue weighted by atomic mass is 79.9. The van der Waals surface area contributed by atoms with Crippen molar-refractivity contribution in [3.63, 3.8) is 0 Å². The van der Waals surface area contributed by atoms with Crippen LogP contribution in [-0.2, 0) is 4.79 Å². The van der Waals surface area contributed by atoms with E-state index < -0.39 is 0 Å². The van der Waals surface area contributed by atoms with Crippen LogP contribution in [0.5, 0.6) is 0 Å². The zero-order chi connectivity index (χ0) is 10.2. The van der Waals surface area contributed by atoms with Crippen LogP contribution in [0.25, 0.3) is 0 Å². The molecule has 1 rings (SSSR count). The molecule has 0 radical (unpaired) electrons. The minimum Gasteiger partial charge on any atom is -1.00 e. The van der Waals surface area contributed by atoms with Crippen LogP contribution in [0.3, 0.4) is 0 Å². The normalized spacial score (nSPS) is 11.5. The van der Waals surface area contributed by atoms with Crippen molar-refractivity contribution in [1.29, 1.82) is 0 Å². The molecule has 0 aliphatic rings. The van der Waals surface area contributed by atoms with Crippen molar-refractivity contribution in [3.05, 3.63) is 30.6 Å². The maximum absolute atomic E-state index is 10.5. The molecule has 0 aliphatic carbocycles. The van der Waals surface area contributed by atoms with Crippen molar-refractivity contribution in [3.8, 4) is 0 Å². The topological polar surface area (TPSA) is 20.9 Å². The van der Waals surface area contributed by atoms with E-state index in [9.17, 15) is 4.79 Å². The standard InChI is InChI=1S/C12H18NO.BrH/c1-2-3-7-12(8-11-14)13-9-5-4-6-10-13;/h4-6,9-12H,2-3,7-8H2,1H3;1H/q+1;/p-1. The molecule has 0 saturated heterocycles. The van der Waals surface area contributed by atoms with Gasteiger partial charge in [0.15, 0.2) is 18.4 Å². The number of pyridine rings is 1. The summed E-state index contributed by atoms with van der Waals surface area (Å²) in [6, 6.07) is 6.34. The molecule has 0 bridgehead atoms. The number of carbonyl (C=O) groups is 1. The summed E-state index contributed by atoms with van der Waals surface area (Å²) < 4.78 is 2.13. The number of hydrogen-bond donors (Lipinski definition) is 0. The molecule has 0 saturated carbocycles. The van der Waals surface area contributed by atoms with E-state index in [-0.39, 0.29) is 17.0 Å². The Bertz CT molecular complexity index is 264. The van der Waals surface area contributed by atoms with Crippen LogP contribution in [0.15, 0.2) is 30.6 Å². The first-order chi connectivity index (χ1) is 6.88. The second-order valence-corrected chi connectivity index (χ2v) is 3.52. The van der Waals surface area contributed by atoms with Crippen molar-refractivity contribution >= 4 is 6.29 Å². The molecule has 1 unspecified atom stereocenters. The average molecular weight is 272 g/mol. The molecule has 0 aromatic carbocycles. The lowest BCUT2D eigenvalue weighted by Gasteiger charge is -2.08. The zero-order valence-electron chi connectivity index (χ0n) is 9.10. The Labute approximate surface area is 102 Å². The molecule has 84 valence electrons. The minimum absolute atomic E-state index is 0. The van der Waals surface area contributed by atoms with Gasteiger partial charge in [-0.1, -0.05) is 19.4 Å². The fraction of sp³-hybridized carbons (Fsp3) is 0.500. The van der Waals surface area contributed by atoms with Crippen molar-refractivity contribution in [2.75, 3.05) is 0 Å². The van der Waals surface area contributed by atoms with Crippen LogP contribution in [0.2, 0.25) is 0 Å². The number of unbranched alkanes of at least 4 members (excludes halogenated alkanes) is 1. The summed E-state index contributed by atoms with van der Waals surface area (Å²) in [5.74, 6) is 0. The molecular weight excluding hydrogens is 254 g/mol. The minimum atomic E-state index is 0. The smallest absolute Gasteiger partial charge is 0.169 e. The monoisotopic (exact) mass is 271 g/mol. The van der Waals surface area contributed by atoms with Gasteiger partial charge in [-0.2, -0.15) is 0 Å². The quantitative estimate of drug-likeness (QED) is 0.495. The summed E-state index contributed by atoms with van der Waals surface area (Å²) in [4.78, 5) is 10.5. The lowest BCUT2D eigenvalue weighted by molar-refractivity contribution is -0.722. The van der Waals surface area contributed by atoms with Gasteiger partial charge in [-0.05, 0) is 6.42 Å². The Hall–Kier alpha value is -0.700. The van der Waals surface area contributed by atoms with Crippen molar-refractivity contribution in [2.45, 2.75) is 38.6 Å². The highest BCUT2D eigenvalue weighted by Crippen LogP contribution is 2.10. The second-order valence-electron chi connectivity index (χ2n) is 3.52. The summed E-state index contributed by atoms with van der Waals surface area (Å²) in [5.41, 5.74) is 0. The van der Waals surface area contributed by atoms with Crippen LogP contribution < -0.4 is 21.5 Å². The van der Waals surface area contributed by atoms with E-state index in [1.807, 2.05) is 30.6 Å². The molecule has 0 N–H and O–H groups in total. The van der Waals surface area contributed by atoms with E-state index in [4.69, 9.17) is 0 Å². The van der Waals surface area contributed by atoms with E-state index in [0.29, 0.717) is 12.5 Å². The van der Waals surface area contributed by atoms with Crippen molar-refractivity contribution < 1.29 is 26.3 Å². The first kappa shape index (κ1) is 14.3. The Morgan fingerprint density at radius 2 is 1.93 bits per heavy atom. The van der Waals surface area contributed by atoms with Crippen molar-refractivity contribution in [1.82, 2.24) is 0 Å². The molecule has 15 heavy (non-hydrogen) atoms. The zero-order valence-corrected chi connectivity index (χ0v) is 10.7. The summed E-state index contributed by atoms with van der Waals surface area (Å²) in [7, 11) is 0. The van der Waals surface area contributed by atoms with Crippen molar-refractivity contribution in [2.24, 2.45) is 0 Å². The lowest BCUT2D eigenvalue weighted by atomic mass is 10.1. The maximum atomic E-state index is 10.5. The molecule has 2 nitrogen and oxygen atoms in total. The molecule has 1 aromatic heterocycles. The number of rotatable bonds is 6. The molecule has 1 atom stereocenters. The fourth-order valence-corrected chi connectivity index (χ4v) is 1.59. The van der Waals surface area contributed by atoms with Crippen LogP contribution in [-0.4, -0.2) is 6.29 Å². The Balaban J connectivity index is 0.00000196.